The van der Waals surface area contributed by atoms with Gasteiger partial charge < -0.3 is 15.8 Å². The second kappa shape index (κ2) is 5.02. The number of hydrogen-bond donors (Lipinski definition) is 3. The molecular weight excluding hydrogens is 264 g/mol. The first-order valence-corrected chi connectivity index (χ1v) is 6.84. The third-order valence-electron chi connectivity index (χ3n) is 2.90. The number of rotatable bonds is 2. The van der Waals surface area contributed by atoms with Crippen LogP contribution in [-0.2, 0) is 4.74 Å². The number of ether oxygens (including phenoxy) is 1. The number of nitrogen functional groups attached to an aromatic ring is 1. The Balaban J connectivity index is 1.68. The van der Waals surface area contributed by atoms with Crippen LogP contribution in [-0.4, -0.2) is 30.3 Å². The van der Waals surface area contributed by atoms with Crippen LogP contribution in [0.25, 0.3) is 10.2 Å². The van der Waals surface area contributed by atoms with Crippen molar-refractivity contribution in [2.45, 2.75) is 12.5 Å². The summed E-state index contributed by atoms with van der Waals surface area (Å²) in [6.45, 7) is 1.27. The molecule has 1 atom stereocenters. The predicted octanol–water partition coefficient (Wildman–Crippen LogP) is 1.79. The van der Waals surface area contributed by atoms with Crippen LogP contribution in [0.15, 0.2) is 18.2 Å². The number of carbonyl (C=O) groups excluding carboxylic acids is 1. The van der Waals surface area contributed by atoms with Crippen molar-refractivity contribution in [1.29, 1.82) is 0 Å². The van der Waals surface area contributed by atoms with Gasteiger partial charge >= 0.3 is 6.03 Å². The Labute approximate surface area is 114 Å². The van der Waals surface area contributed by atoms with E-state index in [4.69, 9.17) is 10.5 Å². The Hall–Kier alpha value is -1.86. The van der Waals surface area contributed by atoms with E-state index in [9.17, 15) is 4.79 Å². The first-order chi connectivity index (χ1) is 9.20. The van der Waals surface area contributed by atoms with Crippen LogP contribution in [0.2, 0.25) is 0 Å². The highest BCUT2D eigenvalue weighted by molar-refractivity contribution is 7.22. The van der Waals surface area contributed by atoms with E-state index in [2.05, 4.69) is 15.6 Å². The van der Waals surface area contributed by atoms with Crippen molar-refractivity contribution in [3.8, 4) is 0 Å². The van der Waals surface area contributed by atoms with E-state index >= 15 is 0 Å². The molecule has 0 saturated carbocycles. The number of hydrogen-bond acceptors (Lipinski definition) is 5. The maximum atomic E-state index is 11.8. The summed E-state index contributed by atoms with van der Waals surface area (Å²) in [7, 11) is 0. The molecule has 2 aromatic rings. The second-order valence-electron chi connectivity index (χ2n) is 4.41. The average Bonchev–Trinajstić information content (AvgIpc) is 2.97. The summed E-state index contributed by atoms with van der Waals surface area (Å²) in [4.78, 5) is 16.1. The van der Waals surface area contributed by atoms with Gasteiger partial charge in [0.15, 0.2) is 5.13 Å². The molecule has 1 aliphatic rings. The third-order valence-corrected chi connectivity index (χ3v) is 3.83. The zero-order valence-corrected chi connectivity index (χ0v) is 11.0. The molecule has 1 aromatic heterocycles. The molecule has 2 heterocycles. The Morgan fingerprint density at radius 1 is 1.53 bits per heavy atom. The van der Waals surface area contributed by atoms with Gasteiger partial charge in [-0.25, -0.2) is 9.78 Å². The molecule has 1 fully saturated rings. The summed E-state index contributed by atoms with van der Waals surface area (Å²) in [5.41, 5.74) is 7.23. The van der Waals surface area contributed by atoms with Gasteiger partial charge in [0, 0.05) is 12.3 Å². The summed E-state index contributed by atoms with van der Waals surface area (Å²) in [5.74, 6) is 0. The number of nitrogens with one attached hydrogen (secondary N) is 2. The van der Waals surface area contributed by atoms with Gasteiger partial charge in [-0.2, -0.15) is 0 Å². The number of fused-ring (bicyclic) bond motifs is 1. The van der Waals surface area contributed by atoms with Crippen LogP contribution in [0, 0.1) is 0 Å². The molecule has 3 rings (SSSR count). The van der Waals surface area contributed by atoms with Gasteiger partial charge in [-0.15, -0.1) is 0 Å². The zero-order chi connectivity index (χ0) is 13.2. The van der Waals surface area contributed by atoms with Crippen LogP contribution in [0.4, 0.5) is 15.6 Å². The number of urea groups is 1. The molecule has 0 radical (unpaired) electrons. The standard InChI is InChI=1S/C12H14N4O2S/c13-7-1-2-9-10(5-7)19-12(15-9)16-11(17)14-8-3-4-18-6-8/h1-2,5,8H,3-4,6,13H2,(H2,14,15,16,17). The van der Waals surface area contributed by atoms with Crippen molar-refractivity contribution in [3.63, 3.8) is 0 Å². The minimum atomic E-state index is -0.248. The normalized spacial score (nSPS) is 18.6. The summed E-state index contributed by atoms with van der Waals surface area (Å²) in [5, 5.41) is 6.16. The van der Waals surface area contributed by atoms with Crippen molar-refractivity contribution in [2.24, 2.45) is 0 Å². The minimum Gasteiger partial charge on any atom is -0.399 e. The lowest BCUT2D eigenvalue weighted by molar-refractivity contribution is 0.189. The van der Waals surface area contributed by atoms with Gasteiger partial charge in [-0.3, -0.25) is 5.32 Å². The number of nitrogens with zero attached hydrogens (tertiary/aromatic N) is 1. The molecule has 7 heteroatoms. The first-order valence-electron chi connectivity index (χ1n) is 6.02. The van der Waals surface area contributed by atoms with E-state index in [0.717, 1.165) is 16.6 Å². The maximum Gasteiger partial charge on any atom is 0.321 e. The van der Waals surface area contributed by atoms with Gasteiger partial charge in [0.25, 0.3) is 0 Å². The number of nitrogens with two attached hydrogens (primary N) is 1. The Morgan fingerprint density at radius 2 is 2.42 bits per heavy atom. The van der Waals surface area contributed by atoms with Crippen molar-refractivity contribution >= 4 is 38.4 Å². The summed E-state index contributed by atoms with van der Waals surface area (Å²) in [6.07, 6.45) is 0.851. The summed E-state index contributed by atoms with van der Waals surface area (Å²) in [6, 6.07) is 5.32. The van der Waals surface area contributed by atoms with Gasteiger partial charge in [0.2, 0.25) is 0 Å². The molecule has 4 N–H and O–H groups in total. The number of anilines is 2. The highest BCUT2D eigenvalue weighted by atomic mass is 32.1. The lowest BCUT2D eigenvalue weighted by atomic mass is 10.3. The molecule has 2 amide bonds. The average molecular weight is 278 g/mol. The zero-order valence-electron chi connectivity index (χ0n) is 10.2. The molecule has 6 nitrogen and oxygen atoms in total. The number of carbonyl (C=O) groups is 1. The maximum absolute atomic E-state index is 11.8. The molecule has 0 spiro atoms. The third kappa shape index (κ3) is 2.77. The van der Waals surface area contributed by atoms with E-state index in [1.165, 1.54) is 11.3 Å². The van der Waals surface area contributed by atoms with Crippen molar-refractivity contribution in [2.75, 3.05) is 24.3 Å². The first kappa shape index (κ1) is 12.2. The number of aromatic nitrogens is 1. The van der Waals surface area contributed by atoms with E-state index in [1.807, 2.05) is 12.1 Å². The Kier molecular flexibility index (Phi) is 3.22. The fraction of sp³-hybridized carbons (Fsp3) is 0.333. The van der Waals surface area contributed by atoms with Crippen LogP contribution in [0.1, 0.15) is 6.42 Å². The molecular formula is C12H14N4O2S. The van der Waals surface area contributed by atoms with E-state index < -0.39 is 0 Å². The molecule has 1 aromatic carbocycles. The van der Waals surface area contributed by atoms with Crippen LogP contribution in [0.3, 0.4) is 0 Å². The van der Waals surface area contributed by atoms with Gasteiger partial charge in [0.05, 0.1) is 22.9 Å². The highest BCUT2D eigenvalue weighted by Gasteiger charge is 2.18. The number of amides is 2. The van der Waals surface area contributed by atoms with Crippen LogP contribution in [0.5, 0.6) is 0 Å². The lowest BCUT2D eigenvalue weighted by Gasteiger charge is -2.09. The topological polar surface area (TPSA) is 89.3 Å². The number of benzene rings is 1. The van der Waals surface area contributed by atoms with Gasteiger partial charge in [0.1, 0.15) is 0 Å². The molecule has 0 bridgehead atoms. The molecule has 1 aliphatic heterocycles. The lowest BCUT2D eigenvalue weighted by Crippen LogP contribution is -2.38. The Morgan fingerprint density at radius 3 is 3.21 bits per heavy atom. The molecule has 0 aliphatic carbocycles. The van der Waals surface area contributed by atoms with Crippen molar-refractivity contribution in [3.05, 3.63) is 18.2 Å². The van der Waals surface area contributed by atoms with E-state index in [1.54, 1.807) is 6.07 Å². The largest absolute Gasteiger partial charge is 0.399 e. The molecule has 100 valence electrons. The highest BCUT2D eigenvalue weighted by Crippen LogP contribution is 2.27. The van der Waals surface area contributed by atoms with Gasteiger partial charge in [-0.05, 0) is 24.6 Å². The monoisotopic (exact) mass is 278 g/mol. The summed E-state index contributed by atoms with van der Waals surface area (Å²) >= 11 is 1.40. The fourth-order valence-electron chi connectivity index (χ4n) is 1.96. The van der Waals surface area contributed by atoms with E-state index in [-0.39, 0.29) is 12.1 Å². The molecule has 1 saturated heterocycles. The van der Waals surface area contributed by atoms with Gasteiger partial charge in [-0.1, -0.05) is 11.3 Å². The smallest absolute Gasteiger partial charge is 0.321 e. The predicted molar refractivity (Wildman–Crippen MR) is 75.4 cm³/mol. The molecule has 1 unspecified atom stereocenters. The van der Waals surface area contributed by atoms with Crippen molar-refractivity contribution < 1.29 is 9.53 Å². The van der Waals surface area contributed by atoms with E-state index in [0.29, 0.717) is 24.0 Å². The summed E-state index contributed by atoms with van der Waals surface area (Å²) < 4.78 is 6.16. The quantitative estimate of drug-likeness (QED) is 0.731. The second-order valence-corrected chi connectivity index (χ2v) is 5.44. The molecule has 19 heavy (non-hydrogen) atoms. The minimum absolute atomic E-state index is 0.0880. The van der Waals surface area contributed by atoms with Crippen LogP contribution >= 0.6 is 11.3 Å². The van der Waals surface area contributed by atoms with Crippen LogP contribution < -0.4 is 16.4 Å². The number of thiazole rings is 1. The SMILES string of the molecule is Nc1ccc2nc(NC(=O)NC3CCOC3)sc2c1. The Bertz CT molecular complexity index is 607. The fourth-order valence-corrected chi connectivity index (χ4v) is 2.87. The van der Waals surface area contributed by atoms with Crippen molar-refractivity contribution in [1.82, 2.24) is 10.3 Å².